The van der Waals surface area contributed by atoms with Gasteiger partial charge in [-0.25, -0.2) is 0 Å². The van der Waals surface area contributed by atoms with Crippen molar-refractivity contribution in [1.29, 1.82) is 0 Å². The van der Waals surface area contributed by atoms with E-state index in [0.717, 1.165) is 12.8 Å². The standard InChI is InChI=1S/C21H25.C15H14.C11H17.2ClH.Zr/c1-20(2,3)16-9-7-14-11-15-8-10-17(21(4,5)6)13-19(15)18(14)12-16;1-12-3-7-14(8-4-12)11-15-9-5-13(2)6-10-15;1-5-9-6-7-10(8-9)11(2,3)4;;;/h7,9-10,12-13H,11H2,1-6H3;3-10H,1-2H3;7-9H,5H2,1-4H3;2*1H;/q;;;;;+2/p-2. The van der Waals surface area contributed by atoms with Gasteiger partial charge >= 0.3 is 301 Å². The smallest absolute Gasteiger partial charge is 1.00 e. The van der Waals surface area contributed by atoms with Crippen molar-refractivity contribution in [1.82, 2.24) is 0 Å². The summed E-state index contributed by atoms with van der Waals surface area (Å²) in [4.78, 5) is 0. The Morgan fingerprint density at radius 1 is 0.640 bits per heavy atom. The van der Waals surface area contributed by atoms with E-state index in [4.69, 9.17) is 0 Å². The van der Waals surface area contributed by atoms with Crippen molar-refractivity contribution in [2.24, 2.45) is 11.3 Å². The van der Waals surface area contributed by atoms with Crippen molar-refractivity contribution < 1.29 is 46.1 Å². The Kier molecular flexibility index (Phi) is 12.1. The van der Waals surface area contributed by atoms with E-state index in [0.29, 0.717) is 5.92 Å². The van der Waals surface area contributed by atoms with E-state index in [1.165, 1.54) is 55.6 Å². The fourth-order valence-electron chi connectivity index (χ4n) is 7.42. The Morgan fingerprint density at radius 3 is 1.64 bits per heavy atom. The zero-order valence-corrected chi connectivity index (χ0v) is 36.4. The second kappa shape index (κ2) is 15.0. The van der Waals surface area contributed by atoms with Gasteiger partial charge < -0.3 is 24.8 Å². The molecular formula is C47H56Cl2Zr. The van der Waals surface area contributed by atoms with E-state index in [-0.39, 0.29) is 41.1 Å². The average Bonchev–Trinajstić information content (AvgIpc) is 3.61. The van der Waals surface area contributed by atoms with Crippen molar-refractivity contribution in [2.75, 3.05) is 0 Å². The molecule has 2 aliphatic rings. The molecule has 0 nitrogen and oxygen atoms in total. The predicted octanol–water partition coefficient (Wildman–Crippen LogP) is 5.89. The quantitative estimate of drug-likeness (QED) is 0.209. The van der Waals surface area contributed by atoms with Gasteiger partial charge in [0.15, 0.2) is 0 Å². The molecule has 0 radical (unpaired) electrons. The first-order chi connectivity index (χ1) is 22.5. The van der Waals surface area contributed by atoms with Gasteiger partial charge in [-0.3, -0.25) is 0 Å². The van der Waals surface area contributed by atoms with Crippen molar-refractivity contribution in [2.45, 2.75) is 107 Å². The molecule has 0 N–H and O–H groups in total. The minimum atomic E-state index is -2.92. The number of benzene rings is 4. The molecule has 4 aromatic rings. The SMILES string of the molecule is CCC1C=C(C(C)(C)C)C=[C]1[Zr+2](=[C](c1ccc(C)cc1)c1ccc(C)cc1)[c]1cc(C(C)(C)C)cc2c1Cc1ccc(C(C)(C)C)cc1-2.[Cl-].[Cl-]. The molecule has 0 saturated carbocycles. The van der Waals surface area contributed by atoms with Gasteiger partial charge in [0.05, 0.1) is 0 Å². The van der Waals surface area contributed by atoms with Gasteiger partial charge in [-0.05, 0) is 0 Å². The predicted molar refractivity (Wildman–Crippen MR) is 207 cm³/mol. The molecule has 4 aromatic carbocycles. The van der Waals surface area contributed by atoms with Crippen LogP contribution in [0.2, 0.25) is 0 Å². The second-order valence-electron chi connectivity index (χ2n) is 17.6. The van der Waals surface area contributed by atoms with E-state index >= 15 is 0 Å². The summed E-state index contributed by atoms with van der Waals surface area (Å²) in [6.07, 6.45) is 7.48. The van der Waals surface area contributed by atoms with E-state index < -0.39 is 21.3 Å². The fourth-order valence-corrected chi connectivity index (χ4v) is 16.2. The fraction of sp³-hybridized carbons (Fsp3) is 0.383. The molecule has 0 fully saturated rings. The van der Waals surface area contributed by atoms with Crippen LogP contribution in [0.15, 0.2) is 99.9 Å². The van der Waals surface area contributed by atoms with E-state index in [2.05, 4.69) is 174 Å². The molecule has 0 bridgehead atoms. The molecule has 3 heteroatoms. The summed E-state index contributed by atoms with van der Waals surface area (Å²) >= 11 is -2.92. The molecule has 0 amide bonds. The molecule has 0 heterocycles. The van der Waals surface area contributed by atoms with Gasteiger partial charge in [-0.15, -0.1) is 0 Å². The zero-order chi connectivity index (χ0) is 34.8. The third kappa shape index (κ3) is 8.02. The van der Waals surface area contributed by atoms with Crippen LogP contribution in [-0.4, -0.2) is 3.21 Å². The largest absolute Gasteiger partial charge is 1.00 e. The van der Waals surface area contributed by atoms with Gasteiger partial charge in [0.2, 0.25) is 0 Å². The van der Waals surface area contributed by atoms with Crippen molar-refractivity contribution in [3.8, 4) is 11.1 Å². The van der Waals surface area contributed by atoms with Gasteiger partial charge in [0.25, 0.3) is 0 Å². The number of rotatable bonds is 5. The second-order valence-corrected chi connectivity index (χ2v) is 23.4. The van der Waals surface area contributed by atoms with Crippen LogP contribution < -0.4 is 28.1 Å². The first kappa shape index (κ1) is 40.5. The van der Waals surface area contributed by atoms with Crippen LogP contribution in [-0.2, 0) is 38.5 Å². The van der Waals surface area contributed by atoms with Crippen LogP contribution in [0, 0.1) is 25.2 Å². The molecule has 1 unspecified atom stereocenters. The Balaban J connectivity index is 0.00000281. The van der Waals surface area contributed by atoms with Crippen LogP contribution >= 0.6 is 0 Å². The number of hydrogen-bond acceptors (Lipinski definition) is 0. The maximum atomic E-state index is 2.69. The van der Waals surface area contributed by atoms with E-state index in [9.17, 15) is 0 Å². The van der Waals surface area contributed by atoms with Crippen molar-refractivity contribution in [3.05, 3.63) is 144 Å². The van der Waals surface area contributed by atoms with Crippen LogP contribution in [0.1, 0.15) is 120 Å². The molecular weight excluding hydrogens is 727 g/mol. The Bertz CT molecular complexity index is 1920. The van der Waals surface area contributed by atoms with Crippen LogP contribution in [0.25, 0.3) is 11.1 Å². The maximum Gasteiger partial charge on any atom is -1.00 e. The maximum absolute atomic E-state index is 2.92. The summed E-state index contributed by atoms with van der Waals surface area (Å²) in [5.41, 5.74) is 16.1. The molecule has 1 atom stereocenters. The minimum absolute atomic E-state index is 0. The van der Waals surface area contributed by atoms with Crippen molar-refractivity contribution >= 4 is 6.48 Å². The number of allylic oxidation sites excluding steroid dienone is 4. The summed E-state index contributed by atoms with van der Waals surface area (Å²) < 4.78 is 5.03. The summed E-state index contributed by atoms with van der Waals surface area (Å²) in [7, 11) is 0. The monoisotopic (exact) mass is 780 g/mol. The molecule has 6 rings (SSSR count). The Labute approximate surface area is 323 Å². The number of hydrogen-bond donors (Lipinski definition) is 0. The number of aryl methyl sites for hydroxylation is 2. The van der Waals surface area contributed by atoms with E-state index in [1.807, 2.05) is 0 Å². The summed E-state index contributed by atoms with van der Waals surface area (Å²) in [5, 5.41) is 0. The van der Waals surface area contributed by atoms with E-state index in [1.54, 1.807) is 15.3 Å². The molecule has 0 saturated heterocycles. The third-order valence-electron chi connectivity index (χ3n) is 10.6. The summed E-state index contributed by atoms with van der Waals surface area (Å²) in [5.74, 6) is 0.477. The van der Waals surface area contributed by atoms with Gasteiger partial charge in [-0.1, -0.05) is 0 Å². The minimum Gasteiger partial charge on any atom is -1.00 e. The van der Waals surface area contributed by atoms with Gasteiger partial charge in [-0.2, -0.15) is 0 Å². The molecule has 0 aromatic heterocycles. The van der Waals surface area contributed by atoms with Crippen LogP contribution in [0.4, 0.5) is 0 Å². The molecule has 2 aliphatic carbocycles. The third-order valence-corrected chi connectivity index (χ3v) is 18.4. The number of fused-ring (bicyclic) bond motifs is 3. The van der Waals surface area contributed by atoms with Gasteiger partial charge in [0, 0.05) is 0 Å². The number of halogens is 2. The Morgan fingerprint density at radius 2 is 1.16 bits per heavy atom. The molecule has 50 heavy (non-hydrogen) atoms. The molecule has 262 valence electrons. The summed E-state index contributed by atoms with van der Waals surface area (Å²) in [6.45, 7) is 28.2. The molecule has 0 spiro atoms. The average molecular weight is 783 g/mol. The first-order valence-electron chi connectivity index (χ1n) is 18.1. The first-order valence-corrected chi connectivity index (χ1v) is 21.8. The van der Waals surface area contributed by atoms with Crippen molar-refractivity contribution in [3.63, 3.8) is 0 Å². The van der Waals surface area contributed by atoms with Crippen LogP contribution in [0.3, 0.4) is 0 Å². The summed E-state index contributed by atoms with van der Waals surface area (Å²) in [6, 6.07) is 31.5. The zero-order valence-electron chi connectivity index (χ0n) is 32.4. The van der Waals surface area contributed by atoms with Gasteiger partial charge in [0.1, 0.15) is 0 Å². The Hall–Kier alpha value is -2.31. The van der Waals surface area contributed by atoms with Crippen LogP contribution in [0.5, 0.6) is 0 Å². The normalized spacial score (nSPS) is 15.1. The molecule has 0 aliphatic heterocycles. The topological polar surface area (TPSA) is 0 Å².